The second kappa shape index (κ2) is 9.75. The smallest absolute Gasteiger partial charge is 0.231 e. The van der Waals surface area contributed by atoms with E-state index in [-0.39, 0.29) is 30.7 Å². The Morgan fingerprint density at radius 1 is 1.06 bits per heavy atom. The van der Waals surface area contributed by atoms with Gasteiger partial charge >= 0.3 is 0 Å². The number of hydrogen-bond donors (Lipinski definition) is 0. The lowest BCUT2D eigenvalue weighted by Gasteiger charge is -2.34. The van der Waals surface area contributed by atoms with Crippen LogP contribution in [0.4, 0.5) is 5.95 Å². The minimum Gasteiger partial charge on any atom is -0.454 e. The van der Waals surface area contributed by atoms with E-state index in [1.807, 2.05) is 10.3 Å². The monoisotopic (exact) mass is 483 g/mol. The number of Topliss-reactive ketones (excluding diaryl/α,β-unsaturated/α-hetero) is 1. The molecule has 2 aliphatic heterocycles. The molecule has 3 aromatic rings. The van der Waals surface area contributed by atoms with E-state index < -0.39 is 0 Å². The van der Waals surface area contributed by atoms with E-state index in [4.69, 9.17) is 9.47 Å². The first-order chi connectivity index (χ1) is 16.2. The van der Waals surface area contributed by atoms with Gasteiger partial charge in [-0.25, -0.2) is 15.0 Å². The van der Waals surface area contributed by atoms with Crippen molar-refractivity contribution >= 4 is 40.7 Å². The molecule has 4 heterocycles. The third-order valence-corrected chi connectivity index (χ3v) is 7.42. The average Bonchev–Trinajstić information content (AvgIpc) is 3.52. The molecular weight excluding hydrogens is 462 g/mol. The number of fused-ring (bicyclic) bond motifs is 1. The van der Waals surface area contributed by atoms with Crippen molar-refractivity contribution in [3.8, 4) is 11.5 Å². The Bertz CT molecular complexity index is 1150. The quantitative estimate of drug-likeness (QED) is 0.371. The summed E-state index contributed by atoms with van der Waals surface area (Å²) in [4.78, 5) is 42.3. The summed E-state index contributed by atoms with van der Waals surface area (Å²) >= 11 is 2.83. The predicted molar refractivity (Wildman–Crippen MR) is 124 cm³/mol. The lowest BCUT2D eigenvalue weighted by molar-refractivity contribution is -0.130. The summed E-state index contributed by atoms with van der Waals surface area (Å²) in [6.07, 6.45) is 3.70. The van der Waals surface area contributed by atoms with Gasteiger partial charge in [-0.1, -0.05) is 11.8 Å². The van der Waals surface area contributed by atoms with E-state index in [0.717, 1.165) is 10.0 Å². The molecule has 1 amide bonds. The molecule has 2 aromatic heterocycles. The number of hydrogen-bond acceptors (Lipinski definition) is 10. The highest BCUT2D eigenvalue weighted by Crippen LogP contribution is 2.33. The Hall–Kier alpha value is -3.18. The van der Waals surface area contributed by atoms with Gasteiger partial charge in [-0.05, 0) is 24.3 Å². The fourth-order valence-electron chi connectivity index (χ4n) is 3.59. The van der Waals surface area contributed by atoms with Crippen LogP contribution in [-0.4, -0.2) is 70.3 Å². The molecule has 0 atom stereocenters. The summed E-state index contributed by atoms with van der Waals surface area (Å²) in [7, 11) is 0. The normalized spacial score (nSPS) is 15.0. The zero-order chi connectivity index (χ0) is 22.6. The zero-order valence-electron chi connectivity index (χ0n) is 17.7. The van der Waals surface area contributed by atoms with Gasteiger partial charge in [0.25, 0.3) is 0 Å². The van der Waals surface area contributed by atoms with Gasteiger partial charge in [0.1, 0.15) is 0 Å². The molecule has 33 heavy (non-hydrogen) atoms. The van der Waals surface area contributed by atoms with E-state index in [0.29, 0.717) is 49.2 Å². The number of rotatable bonds is 7. The van der Waals surface area contributed by atoms with Crippen molar-refractivity contribution in [2.45, 2.75) is 10.8 Å². The van der Waals surface area contributed by atoms with E-state index in [1.165, 1.54) is 23.1 Å². The number of carbonyl (C=O) groups excluding carboxylic acids is 2. The third-order valence-electron chi connectivity index (χ3n) is 5.35. The lowest BCUT2D eigenvalue weighted by Crippen LogP contribution is -2.49. The van der Waals surface area contributed by atoms with Crippen molar-refractivity contribution in [3.63, 3.8) is 0 Å². The molecule has 1 saturated heterocycles. The maximum atomic E-state index is 12.7. The highest BCUT2D eigenvalue weighted by Gasteiger charge is 2.23. The Labute approximate surface area is 198 Å². The number of benzene rings is 1. The minimum atomic E-state index is -0.00797. The molecule has 5 rings (SSSR count). The standard InChI is InChI=1S/C22H21N5O4S2/c28-17(15-2-3-18-19(10-15)31-14-30-18)13-33-22-25-16(12-32-22)11-20(29)26-6-8-27(9-7-26)21-23-4-1-5-24-21/h1-5,10,12H,6-9,11,13-14H2. The van der Waals surface area contributed by atoms with Crippen LogP contribution in [0, 0.1) is 0 Å². The molecule has 0 saturated carbocycles. The van der Waals surface area contributed by atoms with E-state index in [9.17, 15) is 9.59 Å². The topological polar surface area (TPSA) is 97.8 Å². The van der Waals surface area contributed by atoms with Gasteiger partial charge < -0.3 is 19.3 Å². The number of piperazine rings is 1. The number of anilines is 1. The zero-order valence-corrected chi connectivity index (χ0v) is 19.3. The Kier molecular flexibility index (Phi) is 6.40. The number of thiazole rings is 1. The number of nitrogens with zero attached hydrogens (tertiary/aromatic N) is 5. The van der Waals surface area contributed by atoms with Gasteiger partial charge in [0, 0.05) is 49.5 Å². The molecule has 0 spiro atoms. The van der Waals surface area contributed by atoms with Gasteiger partial charge in [0.15, 0.2) is 21.6 Å². The fraction of sp³-hybridized carbons (Fsp3) is 0.318. The number of ketones is 1. The van der Waals surface area contributed by atoms with Crippen LogP contribution in [0.1, 0.15) is 16.1 Å². The van der Waals surface area contributed by atoms with Gasteiger partial charge in [0.2, 0.25) is 18.6 Å². The van der Waals surface area contributed by atoms with Gasteiger partial charge in [-0.2, -0.15) is 0 Å². The SMILES string of the molecule is O=C(CSc1nc(CC(=O)N2CCN(c3ncccn3)CC2)cs1)c1ccc2c(c1)OCO2. The van der Waals surface area contributed by atoms with E-state index >= 15 is 0 Å². The van der Waals surface area contributed by atoms with Crippen molar-refractivity contribution in [2.75, 3.05) is 43.6 Å². The molecule has 9 nitrogen and oxygen atoms in total. The number of aromatic nitrogens is 3. The predicted octanol–water partition coefficient (Wildman–Crippen LogP) is 2.53. The van der Waals surface area contributed by atoms with Gasteiger partial charge in [-0.3, -0.25) is 9.59 Å². The first-order valence-electron chi connectivity index (χ1n) is 10.5. The molecule has 0 radical (unpaired) electrons. The molecule has 1 aromatic carbocycles. The fourth-order valence-corrected chi connectivity index (χ4v) is 5.33. The third kappa shape index (κ3) is 5.09. The van der Waals surface area contributed by atoms with Crippen LogP contribution in [0.3, 0.4) is 0 Å². The van der Waals surface area contributed by atoms with Crippen molar-refractivity contribution in [1.29, 1.82) is 0 Å². The second-order valence-corrected chi connectivity index (χ2v) is 9.56. The highest BCUT2D eigenvalue weighted by molar-refractivity contribution is 8.01. The van der Waals surface area contributed by atoms with Crippen LogP contribution in [0.25, 0.3) is 0 Å². The van der Waals surface area contributed by atoms with Crippen molar-refractivity contribution < 1.29 is 19.1 Å². The number of amides is 1. The summed E-state index contributed by atoms with van der Waals surface area (Å²) in [5.74, 6) is 2.26. The number of carbonyl (C=O) groups is 2. The summed E-state index contributed by atoms with van der Waals surface area (Å²) in [5, 5.41) is 1.89. The first-order valence-corrected chi connectivity index (χ1v) is 12.3. The molecule has 0 aliphatic carbocycles. The van der Waals surface area contributed by atoms with E-state index in [1.54, 1.807) is 36.7 Å². The van der Waals surface area contributed by atoms with Gasteiger partial charge in [-0.15, -0.1) is 11.3 Å². The summed E-state index contributed by atoms with van der Waals surface area (Å²) in [6, 6.07) is 6.99. The number of ether oxygens (including phenoxy) is 2. The van der Waals surface area contributed by atoms with Crippen LogP contribution in [0.5, 0.6) is 11.5 Å². The van der Waals surface area contributed by atoms with Crippen LogP contribution in [0.15, 0.2) is 46.4 Å². The molecular formula is C22H21N5O4S2. The van der Waals surface area contributed by atoms with Crippen LogP contribution < -0.4 is 14.4 Å². The molecule has 170 valence electrons. The number of thioether (sulfide) groups is 1. The van der Waals surface area contributed by atoms with Crippen molar-refractivity contribution in [2.24, 2.45) is 0 Å². The Morgan fingerprint density at radius 2 is 1.85 bits per heavy atom. The van der Waals surface area contributed by atoms with Crippen molar-refractivity contribution in [3.05, 3.63) is 53.3 Å². The van der Waals surface area contributed by atoms with Crippen LogP contribution in [0.2, 0.25) is 0 Å². The second-order valence-electron chi connectivity index (χ2n) is 7.48. The summed E-state index contributed by atoms with van der Waals surface area (Å²) in [6.45, 7) is 2.85. The highest BCUT2D eigenvalue weighted by atomic mass is 32.2. The Morgan fingerprint density at radius 3 is 2.67 bits per heavy atom. The summed E-state index contributed by atoms with van der Waals surface area (Å²) < 4.78 is 11.4. The lowest BCUT2D eigenvalue weighted by atomic mass is 10.1. The molecule has 1 fully saturated rings. The maximum absolute atomic E-state index is 12.7. The molecule has 11 heteroatoms. The molecule has 0 N–H and O–H groups in total. The molecule has 0 bridgehead atoms. The van der Waals surface area contributed by atoms with Gasteiger partial charge in [0.05, 0.1) is 17.9 Å². The Balaban J connectivity index is 1.10. The first kappa shape index (κ1) is 21.7. The minimum absolute atomic E-state index is 0.00797. The summed E-state index contributed by atoms with van der Waals surface area (Å²) in [5.41, 5.74) is 1.32. The van der Waals surface area contributed by atoms with Crippen LogP contribution in [-0.2, 0) is 11.2 Å². The van der Waals surface area contributed by atoms with Crippen molar-refractivity contribution in [1.82, 2.24) is 19.9 Å². The molecule has 0 unspecified atom stereocenters. The van der Waals surface area contributed by atoms with Crippen LogP contribution >= 0.6 is 23.1 Å². The molecule has 2 aliphatic rings. The average molecular weight is 484 g/mol. The van der Waals surface area contributed by atoms with E-state index in [2.05, 4.69) is 19.9 Å². The maximum Gasteiger partial charge on any atom is 0.231 e. The largest absolute Gasteiger partial charge is 0.454 e.